The van der Waals surface area contributed by atoms with E-state index in [0.29, 0.717) is 24.4 Å². The molecule has 9 heteroatoms. The topological polar surface area (TPSA) is 94.6 Å². The molecule has 27 heavy (non-hydrogen) atoms. The lowest BCUT2D eigenvalue weighted by Crippen LogP contribution is -2.53. The van der Waals surface area contributed by atoms with Crippen LogP contribution in [0.1, 0.15) is 31.2 Å². The number of likely N-dealkylation sites (N-methyl/N-ethyl adjacent to an activating group) is 1. The van der Waals surface area contributed by atoms with Crippen molar-refractivity contribution in [3.8, 4) is 0 Å². The number of hydrogen-bond donors (Lipinski definition) is 1. The Kier molecular flexibility index (Phi) is 5.80. The highest BCUT2D eigenvalue weighted by molar-refractivity contribution is 7.80. The fraction of sp³-hybridized carbons (Fsp3) is 0.389. The summed E-state index contributed by atoms with van der Waals surface area (Å²) in [6.07, 6.45) is 6.10. The number of nitrogens with one attached hydrogen (secondary N) is 1. The summed E-state index contributed by atoms with van der Waals surface area (Å²) in [6.45, 7) is 0.344. The molecule has 0 saturated heterocycles. The van der Waals surface area contributed by atoms with Crippen molar-refractivity contribution in [2.45, 2.75) is 37.8 Å². The van der Waals surface area contributed by atoms with E-state index < -0.39 is 10.5 Å². The van der Waals surface area contributed by atoms with Crippen LogP contribution in [0, 0.1) is 10.1 Å². The smallest absolute Gasteiger partial charge is 0.381 e. The first-order valence-corrected chi connectivity index (χ1v) is 9.13. The van der Waals surface area contributed by atoms with E-state index in [1.807, 2.05) is 30.3 Å². The van der Waals surface area contributed by atoms with E-state index in [1.54, 1.807) is 11.6 Å². The highest BCUT2D eigenvalue weighted by atomic mass is 32.1. The molecule has 1 fully saturated rings. The van der Waals surface area contributed by atoms with Crippen molar-refractivity contribution >= 4 is 28.7 Å². The van der Waals surface area contributed by atoms with Crippen LogP contribution in [0.3, 0.4) is 0 Å². The molecule has 1 saturated carbocycles. The fourth-order valence-electron chi connectivity index (χ4n) is 3.37. The van der Waals surface area contributed by atoms with Gasteiger partial charge in [0.05, 0.1) is 5.71 Å². The average molecular weight is 387 g/mol. The zero-order chi connectivity index (χ0) is 19.3. The van der Waals surface area contributed by atoms with Crippen LogP contribution in [-0.4, -0.2) is 32.2 Å². The first-order valence-electron chi connectivity index (χ1n) is 8.72. The van der Waals surface area contributed by atoms with Gasteiger partial charge in [-0.05, 0) is 41.2 Å². The van der Waals surface area contributed by atoms with Crippen LogP contribution in [0.2, 0.25) is 0 Å². The number of oxime groups is 1. The van der Waals surface area contributed by atoms with Gasteiger partial charge in [-0.2, -0.15) is 0 Å². The molecule has 0 spiro atoms. The molecule has 1 aromatic heterocycles. The third-order valence-electron chi connectivity index (χ3n) is 4.73. The molecule has 1 aliphatic carbocycles. The van der Waals surface area contributed by atoms with Crippen molar-refractivity contribution in [3.05, 3.63) is 58.5 Å². The molecule has 1 aliphatic rings. The molecule has 2 aromatic rings. The Morgan fingerprint density at radius 1 is 1.44 bits per heavy atom. The lowest BCUT2D eigenvalue weighted by Gasteiger charge is -2.38. The van der Waals surface area contributed by atoms with Gasteiger partial charge < -0.3 is 20.3 Å². The molecule has 142 valence electrons. The van der Waals surface area contributed by atoms with Crippen LogP contribution < -0.4 is 5.32 Å². The molecule has 1 unspecified atom stereocenters. The molecule has 1 aromatic carbocycles. The SMILES string of the molecule is CNC(=S)C1(n2cnc([N+](=O)[O-])c2)CCCCC1=NOCc1ccccc1. The molecule has 3 rings (SSSR count). The number of imidazole rings is 1. The van der Waals surface area contributed by atoms with E-state index in [2.05, 4.69) is 15.5 Å². The Labute approximate surface area is 162 Å². The first-order chi connectivity index (χ1) is 13.1. The number of benzene rings is 1. The highest BCUT2D eigenvalue weighted by Gasteiger charge is 2.45. The predicted molar refractivity (Wildman–Crippen MR) is 106 cm³/mol. The van der Waals surface area contributed by atoms with Gasteiger partial charge in [-0.3, -0.25) is 4.57 Å². The largest absolute Gasteiger partial charge is 0.391 e. The van der Waals surface area contributed by atoms with E-state index in [1.165, 1.54) is 12.5 Å². The highest BCUT2D eigenvalue weighted by Crippen LogP contribution is 2.35. The van der Waals surface area contributed by atoms with Crippen molar-refractivity contribution in [2.24, 2.45) is 5.16 Å². The van der Waals surface area contributed by atoms with Gasteiger partial charge in [0.15, 0.2) is 0 Å². The van der Waals surface area contributed by atoms with E-state index in [9.17, 15) is 10.1 Å². The number of rotatable bonds is 6. The molecule has 0 bridgehead atoms. The second-order valence-electron chi connectivity index (χ2n) is 6.34. The molecular weight excluding hydrogens is 366 g/mol. The van der Waals surface area contributed by atoms with Gasteiger partial charge in [-0.15, -0.1) is 0 Å². The molecule has 0 radical (unpaired) electrons. The maximum absolute atomic E-state index is 11.1. The third kappa shape index (κ3) is 3.82. The molecule has 0 amide bonds. The Balaban J connectivity index is 1.94. The van der Waals surface area contributed by atoms with E-state index in [4.69, 9.17) is 17.1 Å². The zero-order valence-electron chi connectivity index (χ0n) is 15.0. The van der Waals surface area contributed by atoms with E-state index in [-0.39, 0.29) is 5.82 Å². The third-order valence-corrected chi connectivity index (χ3v) is 5.27. The monoisotopic (exact) mass is 387 g/mol. The number of nitrogens with zero attached hydrogens (tertiary/aromatic N) is 4. The number of thiocarbonyl (C=S) groups is 1. The van der Waals surface area contributed by atoms with Gasteiger partial charge in [0, 0.05) is 7.05 Å². The van der Waals surface area contributed by atoms with Gasteiger partial charge >= 0.3 is 5.82 Å². The van der Waals surface area contributed by atoms with Crippen molar-refractivity contribution < 1.29 is 9.76 Å². The summed E-state index contributed by atoms with van der Waals surface area (Å²) in [7, 11) is 1.74. The molecule has 1 heterocycles. The van der Waals surface area contributed by atoms with Crippen LogP contribution in [0.4, 0.5) is 5.82 Å². The summed E-state index contributed by atoms with van der Waals surface area (Å²) in [5, 5.41) is 18.5. The molecule has 1 atom stereocenters. The van der Waals surface area contributed by atoms with Crippen LogP contribution in [0.5, 0.6) is 0 Å². The van der Waals surface area contributed by atoms with Crippen molar-refractivity contribution in [3.63, 3.8) is 0 Å². The van der Waals surface area contributed by atoms with Crippen LogP contribution in [-0.2, 0) is 17.0 Å². The van der Waals surface area contributed by atoms with Crippen LogP contribution >= 0.6 is 12.2 Å². The average Bonchev–Trinajstić information content (AvgIpc) is 3.19. The quantitative estimate of drug-likeness (QED) is 0.465. The Hall–Kier alpha value is -2.81. The zero-order valence-corrected chi connectivity index (χ0v) is 15.8. The minimum atomic E-state index is -0.805. The van der Waals surface area contributed by atoms with Crippen molar-refractivity contribution in [1.29, 1.82) is 0 Å². The molecule has 0 aliphatic heterocycles. The predicted octanol–water partition coefficient (Wildman–Crippen LogP) is 3.18. The number of aromatic nitrogens is 2. The fourth-order valence-corrected chi connectivity index (χ4v) is 3.69. The molecular formula is C18H21N5O3S. The van der Waals surface area contributed by atoms with Crippen LogP contribution in [0.15, 0.2) is 48.0 Å². The first kappa shape index (κ1) is 19.0. The summed E-state index contributed by atoms with van der Waals surface area (Å²) < 4.78 is 1.69. The van der Waals surface area contributed by atoms with E-state index in [0.717, 1.165) is 24.1 Å². The maximum Gasteiger partial charge on any atom is 0.381 e. The Morgan fingerprint density at radius 3 is 2.89 bits per heavy atom. The summed E-state index contributed by atoms with van der Waals surface area (Å²) in [4.78, 5) is 20.6. The second kappa shape index (κ2) is 8.26. The van der Waals surface area contributed by atoms with Gasteiger partial charge in [0.25, 0.3) is 0 Å². The summed E-state index contributed by atoms with van der Waals surface area (Å²) in [6, 6.07) is 9.76. The number of nitro groups is 1. The normalized spacial score (nSPS) is 21.0. The van der Waals surface area contributed by atoms with Gasteiger partial charge in [-0.25, -0.2) is 0 Å². The van der Waals surface area contributed by atoms with E-state index >= 15 is 0 Å². The number of hydrogen-bond acceptors (Lipinski definition) is 6. The minimum Gasteiger partial charge on any atom is -0.391 e. The summed E-state index contributed by atoms with van der Waals surface area (Å²) >= 11 is 5.60. The lowest BCUT2D eigenvalue weighted by atomic mass is 9.79. The Bertz CT molecular complexity index is 852. The standard InChI is InChI=1S/C18H21N5O3S/c1-19-17(27)18(22-11-16(20-13-22)23(24)25)10-6-5-9-15(18)21-26-12-14-7-3-2-4-8-14/h2-4,7-8,11,13H,5-6,9-10,12H2,1H3,(H,19,27). The van der Waals surface area contributed by atoms with Gasteiger partial charge in [0.1, 0.15) is 23.3 Å². The Morgan fingerprint density at radius 2 is 2.22 bits per heavy atom. The molecule has 8 nitrogen and oxygen atoms in total. The summed E-state index contributed by atoms with van der Waals surface area (Å²) in [5.41, 5.74) is 0.953. The van der Waals surface area contributed by atoms with Crippen molar-refractivity contribution in [2.75, 3.05) is 7.05 Å². The lowest BCUT2D eigenvalue weighted by molar-refractivity contribution is -0.389. The molecule has 1 N–H and O–H groups in total. The summed E-state index contributed by atoms with van der Waals surface area (Å²) in [5.74, 6) is -0.219. The van der Waals surface area contributed by atoms with Crippen molar-refractivity contribution in [1.82, 2.24) is 14.9 Å². The second-order valence-corrected chi connectivity index (χ2v) is 6.75. The maximum atomic E-state index is 11.1. The van der Waals surface area contributed by atoms with Gasteiger partial charge in [0.2, 0.25) is 6.33 Å². The van der Waals surface area contributed by atoms with Crippen LogP contribution in [0.25, 0.3) is 0 Å². The minimum absolute atomic E-state index is 0.219. The van der Waals surface area contributed by atoms with Gasteiger partial charge in [-0.1, -0.05) is 47.7 Å².